The Morgan fingerprint density at radius 3 is 1.04 bits per heavy atom. The fourth-order valence-electron chi connectivity index (χ4n) is 15.7. The number of nitrogens with one attached hydrogen (secondary N) is 6. The molecule has 0 bridgehead atoms. The fourth-order valence-corrected chi connectivity index (χ4v) is 15.7. The van der Waals surface area contributed by atoms with E-state index in [1.165, 1.54) is 41.5 Å². The van der Waals surface area contributed by atoms with Gasteiger partial charge in [0.1, 0.15) is 31.4 Å². The lowest BCUT2D eigenvalue weighted by atomic mass is 9.82. The van der Waals surface area contributed by atoms with Crippen LogP contribution in [0.2, 0.25) is 0 Å². The van der Waals surface area contributed by atoms with E-state index in [1.54, 1.807) is 0 Å². The third-order valence-electron chi connectivity index (χ3n) is 23.7. The summed E-state index contributed by atoms with van der Waals surface area (Å²) in [6.45, 7) is 27.5. The van der Waals surface area contributed by atoms with Gasteiger partial charge in [-0.1, -0.05) is 74.1 Å². The summed E-state index contributed by atoms with van der Waals surface area (Å²) < 4.78 is 104. The van der Waals surface area contributed by atoms with Crippen LogP contribution in [0.25, 0.3) is 0 Å². The maximum absolute atomic E-state index is 14.2. The zero-order valence-electron chi connectivity index (χ0n) is 78.7. The Balaban J connectivity index is 1.30. The number of esters is 3. The summed E-state index contributed by atoms with van der Waals surface area (Å²) in [6.07, 6.45) is 3.04. The predicted molar refractivity (Wildman–Crippen MR) is 465 cm³/mol. The number of rotatable bonds is 72. The average molecular weight is 1830 g/mol. The first-order valence-electron chi connectivity index (χ1n) is 46.4. The number of carbonyl (C=O) groups excluding carboxylic acids is 12. The van der Waals surface area contributed by atoms with Crippen LogP contribution in [0.4, 0.5) is 0 Å². The summed E-state index contributed by atoms with van der Waals surface area (Å²) in [6, 6.07) is -1.21. The standard InChI is InChI=1S/C90H157N7O31/c1-14-73-56-76(106)57-97(73)83(110)24-20-18-16-15-17-19-22-74(104)25-26-82(109)96-90(30-27-75(105)23-21-35-111-38-41-114-44-47-117-50-53-120-87-84(93-67(8)98)64(5)61(2)77(126-87)58-123-70(11)101,31-28-80(107)91-33-36-112-39-42-115-45-48-118-51-54-121-88-85(94-68(9)99)65(6)62(3)78(127-88)59-124-71(12)102)32-29-81(108)92-34-37-113-40-43-116-46-49-119-52-55-122-89-86(95-69(10)100)66(7)63(4)79(128-89)60-125-72(13)103/h61-66,73,76-79,84-89,106H,14-60H2,1-13H3,(H,91,107)(H,92,108)(H,93,98)(H,94,99)(H,95,100)(H,96,109)/t61?,62?,63?,64?,65?,66?,73-,76-,77?,78?,79?,84?,85?,86?,87?,88?,89?,90?/m1/s1. The van der Waals surface area contributed by atoms with Crippen molar-refractivity contribution in [2.75, 3.05) is 178 Å². The van der Waals surface area contributed by atoms with Gasteiger partial charge in [-0.05, 0) is 86.9 Å². The van der Waals surface area contributed by atoms with Crippen LogP contribution in [0.5, 0.6) is 0 Å². The number of β-amino-alcohol motifs (C(OH)–C–C–N with tert-alkyl or cyclic N) is 1. The molecular formula is C90H157N7O31. The van der Waals surface area contributed by atoms with Crippen LogP contribution in [-0.4, -0.2) is 332 Å². The van der Waals surface area contributed by atoms with E-state index in [9.17, 15) is 62.6 Å². The normalized spacial score (nSPS) is 24.4. The SMILES string of the molecule is CC[C@@H]1C[C@@H](O)CN1C(=O)CCCCCCCCC(=O)CCC(=O)NC(CCC(=O)CCCOCCOCCOCCOC1OC(COC(C)=O)C(C)C(C)C1NC(C)=O)(CCC(=O)NCCOCCOCCOCCOC1OC(COC(C)=O)C(C)C(C)C1NC(C)=O)CCC(=O)NCCOCCOCCOCCOC1OC(COC(C)=O)C(C)C(C)C1NC(C)=O. The topological polar surface area (TPSA) is 467 Å². The summed E-state index contributed by atoms with van der Waals surface area (Å²) >= 11 is 0. The van der Waals surface area contributed by atoms with Crippen LogP contribution in [0.3, 0.4) is 0 Å². The maximum atomic E-state index is 14.2. The Bertz CT molecular complexity index is 2940. The van der Waals surface area contributed by atoms with Gasteiger partial charge in [0, 0.05) is 131 Å². The van der Waals surface area contributed by atoms with E-state index in [-0.39, 0.29) is 324 Å². The van der Waals surface area contributed by atoms with Crippen LogP contribution in [0.1, 0.15) is 218 Å². The number of amides is 7. The Morgan fingerprint density at radius 2 is 0.680 bits per heavy atom. The zero-order valence-corrected chi connectivity index (χ0v) is 78.7. The summed E-state index contributed by atoms with van der Waals surface area (Å²) in [5, 5.41) is 27.8. The quantitative estimate of drug-likeness (QED) is 0.0239. The van der Waals surface area contributed by atoms with Crippen LogP contribution in [-0.2, 0) is 143 Å². The molecule has 15 unspecified atom stereocenters. The summed E-state index contributed by atoms with van der Waals surface area (Å²) in [5.41, 5.74) is -1.26. The van der Waals surface area contributed by atoms with Crippen molar-refractivity contribution in [3.63, 3.8) is 0 Å². The van der Waals surface area contributed by atoms with Gasteiger partial charge in [-0.2, -0.15) is 0 Å². The van der Waals surface area contributed by atoms with Gasteiger partial charge in [-0.25, -0.2) is 0 Å². The third-order valence-corrected chi connectivity index (χ3v) is 23.7. The van der Waals surface area contributed by atoms with E-state index in [1.807, 2.05) is 53.4 Å². The number of Topliss-reactive ketones (excluding diaryl/α,β-unsaturated/α-hetero) is 2. The van der Waals surface area contributed by atoms with Gasteiger partial charge in [0.2, 0.25) is 41.4 Å². The van der Waals surface area contributed by atoms with E-state index >= 15 is 0 Å². The first kappa shape index (κ1) is 114. The molecule has 4 aliphatic heterocycles. The Hall–Kier alpha value is -6.60. The number of unbranched alkanes of at least 4 members (excludes halogenated alkanes) is 5. The summed E-state index contributed by atoms with van der Waals surface area (Å²) in [4.78, 5) is 154. The van der Waals surface area contributed by atoms with Gasteiger partial charge >= 0.3 is 17.9 Å². The number of aliphatic hydroxyl groups excluding tert-OH is 1. The van der Waals surface area contributed by atoms with Crippen molar-refractivity contribution >= 4 is 70.8 Å². The third kappa shape index (κ3) is 48.7. The zero-order chi connectivity index (χ0) is 94.0. The van der Waals surface area contributed by atoms with E-state index in [0.717, 1.165) is 38.5 Å². The molecule has 7 amide bonds. The van der Waals surface area contributed by atoms with Gasteiger partial charge < -0.3 is 127 Å². The lowest BCUT2D eigenvalue weighted by Gasteiger charge is -2.44. The van der Waals surface area contributed by atoms with E-state index in [2.05, 4.69) is 31.9 Å². The van der Waals surface area contributed by atoms with Crippen molar-refractivity contribution in [2.45, 2.75) is 291 Å². The van der Waals surface area contributed by atoms with Crippen molar-refractivity contribution in [1.82, 2.24) is 36.8 Å². The van der Waals surface area contributed by atoms with Crippen LogP contribution >= 0.6 is 0 Å². The molecule has 0 spiro atoms. The molecule has 0 aliphatic carbocycles. The number of likely N-dealkylation sites (tertiary alicyclic amines) is 1. The first-order chi connectivity index (χ1) is 61.3. The maximum Gasteiger partial charge on any atom is 0.302 e. The van der Waals surface area contributed by atoms with Gasteiger partial charge in [0.15, 0.2) is 18.9 Å². The Morgan fingerprint density at radius 1 is 0.359 bits per heavy atom. The molecule has 4 saturated heterocycles. The van der Waals surface area contributed by atoms with Crippen LogP contribution < -0.4 is 31.9 Å². The molecule has 0 aromatic rings. The van der Waals surface area contributed by atoms with Crippen molar-refractivity contribution in [3.8, 4) is 0 Å². The fraction of sp³-hybridized carbons (Fsp3) is 0.867. The minimum absolute atomic E-state index is 0.0181. The average Bonchev–Trinajstić information content (AvgIpc) is 1.68. The largest absolute Gasteiger partial charge is 0.463 e. The van der Waals surface area contributed by atoms with Crippen molar-refractivity contribution < 1.29 is 148 Å². The van der Waals surface area contributed by atoms with E-state index in [0.29, 0.717) is 32.2 Å². The molecule has 0 saturated carbocycles. The van der Waals surface area contributed by atoms with Gasteiger partial charge in [-0.15, -0.1) is 0 Å². The first-order valence-corrected chi connectivity index (χ1v) is 46.4. The van der Waals surface area contributed by atoms with Crippen molar-refractivity contribution in [1.29, 1.82) is 0 Å². The molecule has 38 nitrogen and oxygen atoms in total. The molecule has 4 heterocycles. The number of hydrogen-bond donors (Lipinski definition) is 7. The van der Waals surface area contributed by atoms with Crippen LogP contribution in [0.15, 0.2) is 0 Å². The monoisotopic (exact) mass is 1830 g/mol. The molecule has 0 aromatic carbocycles. The molecule has 17 atom stereocenters. The second-order valence-electron chi connectivity index (χ2n) is 33.8. The highest BCUT2D eigenvalue weighted by Gasteiger charge is 2.46. The second-order valence-corrected chi connectivity index (χ2v) is 33.8. The highest BCUT2D eigenvalue weighted by atomic mass is 16.7. The van der Waals surface area contributed by atoms with E-state index < -0.39 is 90.8 Å². The molecule has 4 rings (SSSR count). The highest BCUT2D eigenvalue weighted by molar-refractivity contribution is 5.86. The van der Waals surface area contributed by atoms with Crippen molar-refractivity contribution in [2.24, 2.45) is 35.5 Å². The van der Waals surface area contributed by atoms with E-state index in [4.69, 9.17) is 85.3 Å². The molecule has 38 heteroatoms. The second kappa shape index (κ2) is 66.7. The molecule has 4 aliphatic rings. The highest BCUT2D eigenvalue weighted by Crippen LogP contribution is 2.36. The molecule has 4 fully saturated rings. The smallest absolute Gasteiger partial charge is 0.302 e. The summed E-state index contributed by atoms with van der Waals surface area (Å²) in [7, 11) is 0. The minimum atomic E-state index is -1.26. The molecular weight excluding hydrogens is 1680 g/mol. The minimum Gasteiger partial charge on any atom is -0.463 e. The number of ether oxygens (including phenoxy) is 18. The van der Waals surface area contributed by atoms with Crippen LogP contribution in [0, 0.1) is 35.5 Å². The number of carbonyl (C=O) groups is 12. The lowest BCUT2D eigenvalue weighted by Crippen LogP contribution is -2.58. The number of aliphatic hydroxyl groups is 1. The van der Waals surface area contributed by atoms with Gasteiger partial charge in [0.05, 0.1) is 175 Å². The predicted octanol–water partition coefficient (Wildman–Crippen LogP) is 5.00. The molecule has 0 radical (unpaired) electrons. The summed E-state index contributed by atoms with van der Waals surface area (Å²) in [5.74, 6) is -3.57. The number of ketones is 2. The molecule has 128 heavy (non-hydrogen) atoms. The van der Waals surface area contributed by atoms with Crippen molar-refractivity contribution in [3.05, 3.63) is 0 Å². The lowest BCUT2D eigenvalue weighted by molar-refractivity contribution is -0.247. The number of hydrogen-bond acceptors (Lipinski definition) is 31. The molecule has 738 valence electrons. The Labute approximate surface area is 757 Å². The Kier molecular flexibility index (Phi) is 59.3. The number of nitrogens with zero attached hydrogens (tertiary/aromatic N) is 1. The molecule has 0 aromatic heterocycles. The van der Waals surface area contributed by atoms with Gasteiger partial charge in [-0.3, -0.25) is 57.5 Å². The molecule has 7 N–H and O–H groups in total. The van der Waals surface area contributed by atoms with Gasteiger partial charge in [0.25, 0.3) is 0 Å².